The lowest BCUT2D eigenvalue weighted by Gasteiger charge is -2.19. The molecule has 0 heterocycles. The molecule has 0 saturated carbocycles. The molecule has 0 aliphatic carbocycles. The van der Waals surface area contributed by atoms with Gasteiger partial charge in [-0.25, -0.2) is 0 Å². The Hall–Kier alpha value is -3.40. The Balaban J connectivity index is 1.83. The molecule has 3 aromatic rings. The van der Waals surface area contributed by atoms with Crippen molar-refractivity contribution < 1.29 is 14.3 Å². The summed E-state index contributed by atoms with van der Waals surface area (Å²) in [6.07, 6.45) is 0.176. The molecule has 1 amide bonds. The van der Waals surface area contributed by atoms with E-state index in [4.69, 9.17) is 4.74 Å². The predicted molar refractivity (Wildman–Crippen MR) is 105 cm³/mol. The molecule has 136 valence electrons. The molecule has 0 radical (unpaired) electrons. The minimum Gasteiger partial charge on any atom is -0.497 e. The SMILES string of the molecule is COc1ccc(C(CC(=O)c2ccccc2)NC(=O)c2ccccc2)cc1. The van der Waals surface area contributed by atoms with Gasteiger partial charge < -0.3 is 10.1 Å². The van der Waals surface area contributed by atoms with E-state index in [1.807, 2.05) is 60.7 Å². The number of carbonyl (C=O) groups excluding carboxylic acids is 2. The number of carbonyl (C=O) groups is 2. The van der Waals surface area contributed by atoms with Gasteiger partial charge in [-0.05, 0) is 29.8 Å². The van der Waals surface area contributed by atoms with E-state index >= 15 is 0 Å². The Labute approximate surface area is 158 Å². The summed E-state index contributed by atoms with van der Waals surface area (Å²) in [7, 11) is 1.60. The number of amides is 1. The zero-order valence-corrected chi connectivity index (χ0v) is 15.1. The Kier molecular flexibility index (Phi) is 6.00. The standard InChI is InChI=1S/C23H21NO3/c1-27-20-14-12-17(13-15-20)21(16-22(25)18-8-4-2-5-9-18)24-23(26)19-10-6-3-7-11-19/h2-15,21H,16H2,1H3,(H,24,26). The van der Waals surface area contributed by atoms with Gasteiger partial charge in [0.25, 0.3) is 5.91 Å². The van der Waals surface area contributed by atoms with Crippen LogP contribution in [-0.4, -0.2) is 18.8 Å². The molecule has 0 bridgehead atoms. The molecule has 3 rings (SSSR count). The van der Waals surface area contributed by atoms with Crippen LogP contribution in [-0.2, 0) is 0 Å². The maximum atomic E-state index is 12.7. The number of benzene rings is 3. The van der Waals surface area contributed by atoms with Crippen molar-refractivity contribution in [2.45, 2.75) is 12.5 Å². The van der Waals surface area contributed by atoms with Crippen LogP contribution in [0.15, 0.2) is 84.9 Å². The minimum atomic E-state index is -0.434. The number of nitrogens with one attached hydrogen (secondary N) is 1. The molecule has 27 heavy (non-hydrogen) atoms. The van der Waals surface area contributed by atoms with E-state index in [1.54, 1.807) is 31.4 Å². The van der Waals surface area contributed by atoms with Gasteiger partial charge in [-0.3, -0.25) is 9.59 Å². The highest BCUT2D eigenvalue weighted by Gasteiger charge is 2.20. The van der Waals surface area contributed by atoms with Crippen molar-refractivity contribution in [3.8, 4) is 5.75 Å². The molecular weight excluding hydrogens is 338 g/mol. The smallest absolute Gasteiger partial charge is 0.251 e. The number of hydrogen-bond donors (Lipinski definition) is 1. The average molecular weight is 359 g/mol. The van der Waals surface area contributed by atoms with E-state index in [0.29, 0.717) is 11.1 Å². The number of methoxy groups -OCH3 is 1. The molecule has 4 heteroatoms. The molecule has 0 aromatic heterocycles. The molecule has 0 aliphatic heterocycles. The summed E-state index contributed by atoms with van der Waals surface area (Å²) in [6.45, 7) is 0. The Morgan fingerprint density at radius 2 is 1.37 bits per heavy atom. The van der Waals surface area contributed by atoms with Crippen LogP contribution in [0.3, 0.4) is 0 Å². The van der Waals surface area contributed by atoms with Crippen LogP contribution >= 0.6 is 0 Å². The van der Waals surface area contributed by atoms with E-state index in [1.165, 1.54) is 0 Å². The maximum absolute atomic E-state index is 12.7. The van der Waals surface area contributed by atoms with Crippen molar-refractivity contribution >= 4 is 11.7 Å². The Bertz CT molecular complexity index is 836. The van der Waals surface area contributed by atoms with Gasteiger partial charge in [-0.15, -0.1) is 0 Å². The normalized spacial score (nSPS) is 11.4. The van der Waals surface area contributed by atoms with Crippen LogP contribution in [0.25, 0.3) is 0 Å². The Morgan fingerprint density at radius 1 is 0.815 bits per heavy atom. The third kappa shape index (κ3) is 4.82. The van der Waals surface area contributed by atoms with Gasteiger partial charge in [-0.1, -0.05) is 60.7 Å². The molecule has 1 N–H and O–H groups in total. The van der Waals surface area contributed by atoms with Crippen LogP contribution in [0.2, 0.25) is 0 Å². The fraction of sp³-hybridized carbons (Fsp3) is 0.130. The van der Waals surface area contributed by atoms with Crippen LogP contribution in [0.5, 0.6) is 5.75 Å². The fourth-order valence-corrected chi connectivity index (χ4v) is 2.85. The maximum Gasteiger partial charge on any atom is 0.251 e. The summed E-state index contributed by atoms with van der Waals surface area (Å²) >= 11 is 0. The van der Waals surface area contributed by atoms with Crippen molar-refractivity contribution in [1.29, 1.82) is 0 Å². The first-order chi connectivity index (χ1) is 13.2. The van der Waals surface area contributed by atoms with Crippen molar-refractivity contribution in [3.63, 3.8) is 0 Å². The first-order valence-electron chi connectivity index (χ1n) is 8.75. The van der Waals surface area contributed by atoms with Crippen molar-refractivity contribution in [2.24, 2.45) is 0 Å². The molecule has 0 spiro atoms. The summed E-state index contributed by atoms with van der Waals surface area (Å²) in [5.41, 5.74) is 2.04. The minimum absolute atomic E-state index is 0.0234. The first-order valence-corrected chi connectivity index (χ1v) is 8.75. The van der Waals surface area contributed by atoms with E-state index in [9.17, 15) is 9.59 Å². The van der Waals surface area contributed by atoms with Gasteiger partial charge in [0, 0.05) is 17.5 Å². The fourth-order valence-electron chi connectivity index (χ4n) is 2.85. The largest absolute Gasteiger partial charge is 0.497 e. The molecule has 4 nitrogen and oxygen atoms in total. The van der Waals surface area contributed by atoms with E-state index < -0.39 is 6.04 Å². The number of rotatable bonds is 7. The van der Waals surface area contributed by atoms with Crippen LogP contribution in [0, 0.1) is 0 Å². The lowest BCUT2D eigenvalue weighted by molar-refractivity contribution is 0.0912. The van der Waals surface area contributed by atoms with Crippen LogP contribution in [0.1, 0.15) is 38.7 Å². The zero-order chi connectivity index (χ0) is 19.1. The number of ether oxygens (including phenoxy) is 1. The average Bonchev–Trinajstić information content (AvgIpc) is 2.74. The summed E-state index contributed by atoms with van der Waals surface area (Å²) in [5.74, 6) is 0.489. The van der Waals surface area contributed by atoms with Gasteiger partial charge >= 0.3 is 0 Å². The number of ketones is 1. The molecule has 1 atom stereocenters. The second kappa shape index (κ2) is 8.81. The molecular formula is C23H21NO3. The lowest BCUT2D eigenvalue weighted by atomic mass is 9.97. The zero-order valence-electron chi connectivity index (χ0n) is 15.1. The van der Waals surface area contributed by atoms with Crippen molar-refractivity contribution in [1.82, 2.24) is 5.32 Å². The molecule has 0 saturated heterocycles. The van der Waals surface area contributed by atoms with Gasteiger partial charge in [0.15, 0.2) is 5.78 Å². The second-order valence-corrected chi connectivity index (χ2v) is 6.16. The highest BCUT2D eigenvalue weighted by atomic mass is 16.5. The van der Waals surface area contributed by atoms with E-state index in [0.717, 1.165) is 11.3 Å². The van der Waals surface area contributed by atoms with Gasteiger partial charge in [0.05, 0.1) is 13.2 Å². The molecule has 0 fully saturated rings. The summed E-state index contributed by atoms with van der Waals surface area (Å²) < 4.78 is 5.20. The number of hydrogen-bond acceptors (Lipinski definition) is 3. The summed E-state index contributed by atoms with van der Waals surface area (Å²) in [6, 6.07) is 25.0. The van der Waals surface area contributed by atoms with E-state index in [2.05, 4.69) is 5.32 Å². The predicted octanol–water partition coefficient (Wildman–Crippen LogP) is 4.44. The van der Waals surface area contributed by atoms with Gasteiger partial charge in [0.1, 0.15) is 5.75 Å². The van der Waals surface area contributed by atoms with Gasteiger partial charge in [-0.2, -0.15) is 0 Å². The quantitative estimate of drug-likeness (QED) is 0.635. The van der Waals surface area contributed by atoms with Gasteiger partial charge in [0.2, 0.25) is 0 Å². The highest BCUT2D eigenvalue weighted by molar-refractivity contribution is 5.98. The lowest BCUT2D eigenvalue weighted by Crippen LogP contribution is -2.30. The summed E-state index contributed by atoms with van der Waals surface area (Å²) in [5, 5.41) is 2.99. The molecule has 3 aromatic carbocycles. The number of Topliss-reactive ketones (excluding diaryl/α,β-unsaturated/α-hetero) is 1. The van der Waals surface area contributed by atoms with Crippen LogP contribution in [0.4, 0.5) is 0 Å². The van der Waals surface area contributed by atoms with Crippen LogP contribution < -0.4 is 10.1 Å². The topological polar surface area (TPSA) is 55.4 Å². The highest BCUT2D eigenvalue weighted by Crippen LogP contribution is 2.23. The first kappa shape index (κ1) is 18.4. The Morgan fingerprint density at radius 3 is 1.93 bits per heavy atom. The van der Waals surface area contributed by atoms with Crippen molar-refractivity contribution in [2.75, 3.05) is 7.11 Å². The summed E-state index contributed by atoms with van der Waals surface area (Å²) in [4.78, 5) is 25.3. The third-order valence-corrected chi connectivity index (χ3v) is 4.34. The molecule has 1 unspecified atom stereocenters. The third-order valence-electron chi connectivity index (χ3n) is 4.34. The monoisotopic (exact) mass is 359 g/mol. The second-order valence-electron chi connectivity index (χ2n) is 6.16. The van der Waals surface area contributed by atoms with Crippen molar-refractivity contribution in [3.05, 3.63) is 102 Å². The molecule has 0 aliphatic rings. The van der Waals surface area contributed by atoms with E-state index in [-0.39, 0.29) is 18.1 Å².